The summed E-state index contributed by atoms with van der Waals surface area (Å²) in [4.78, 5) is 9.46. The smallest absolute Gasteiger partial charge is 0.0542 e. The molecule has 0 saturated carbocycles. The van der Waals surface area contributed by atoms with Gasteiger partial charge in [-0.1, -0.05) is 0 Å². The molecule has 2 aliphatic heterocycles. The Balaban J connectivity index is 1.66. The molecule has 0 radical (unpaired) electrons. The van der Waals surface area contributed by atoms with E-state index in [-0.39, 0.29) is 0 Å². The summed E-state index contributed by atoms with van der Waals surface area (Å²) in [6.45, 7) is 3.98. The molecule has 2 fully saturated rings. The Bertz CT molecular complexity index is 434. The van der Waals surface area contributed by atoms with Gasteiger partial charge in [-0.2, -0.15) is 0 Å². The average Bonchev–Trinajstić information content (AvgIpc) is 2.67. The van der Waals surface area contributed by atoms with Crippen LogP contribution in [-0.2, 0) is 13.1 Å². The van der Waals surface area contributed by atoms with Gasteiger partial charge in [0.1, 0.15) is 0 Å². The standard InChI is InChI=1S/C15H24N4/c1-18-14-2-3-15(18)11-19(7-5-14)10-12-4-6-17-13(8-12)9-16/h4,6,8,14-15H,2-3,5,7,9-11,16H2,1H3. The van der Waals surface area contributed by atoms with Gasteiger partial charge in [-0.3, -0.25) is 14.8 Å². The maximum Gasteiger partial charge on any atom is 0.0542 e. The van der Waals surface area contributed by atoms with Crippen molar-refractivity contribution in [1.29, 1.82) is 0 Å². The van der Waals surface area contributed by atoms with Gasteiger partial charge in [0.05, 0.1) is 5.69 Å². The van der Waals surface area contributed by atoms with Crippen LogP contribution in [0.1, 0.15) is 30.5 Å². The van der Waals surface area contributed by atoms with Crippen molar-refractivity contribution in [1.82, 2.24) is 14.8 Å². The first kappa shape index (κ1) is 13.0. The van der Waals surface area contributed by atoms with E-state index in [0.717, 1.165) is 24.3 Å². The van der Waals surface area contributed by atoms with Gasteiger partial charge in [0.25, 0.3) is 0 Å². The molecule has 0 aliphatic carbocycles. The number of likely N-dealkylation sites (N-methyl/N-ethyl adjacent to an activating group) is 1. The Labute approximate surface area is 115 Å². The third kappa shape index (κ3) is 2.81. The second-order valence-electron chi connectivity index (χ2n) is 5.93. The largest absolute Gasteiger partial charge is 0.325 e. The normalized spacial score (nSPS) is 28.5. The molecule has 2 atom stereocenters. The summed E-state index contributed by atoms with van der Waals surface area (Å²) < 4.78 is 0. The first-order valence-corrected chi connectivity index (χ1v) is 7.34. The van der Waals surface area contributed by atoms with E-state index >= 15 is 0 Å². The number of hydrogen-bond donors (Lipinski definition) is 1. The number of hydrogen-bond acceptors (Lipinski definition) is 4. The van der Waals surface area contributed by atoms with Crippen LogP contribution >= 0.6 is 0 Å². The van der Waals surface area contributed by atoms with Crippen molar-refractivity contribution >= 4 is 0 Å². The van der Waals surface area contributed by atoms with Crippen molar-refractivity contribution in [3.05, 3.63) is 29.6 Å². The molecule has 104 valence electrons. The molecular weight excluding hydrogens is 236 g/mol. The molecule has 4 nitrogen and oxygen atoms in total. The third-order valence-corrected chi connectivity index (χ3v) is 4.73. The molecule has 2 bridgehead atoms. The van der Waals surface area contributed by atoms with Crippen LogP contribution in [0.25, 0.3) is 0 Å². The molecule has 0 aromatic carbocycles. The summed E-state index contributed by atoms with van der Waals surface area (Å²) in [6.07, 6.45) is 5.94. The van der Waals surface area contributed by atoms with Crippen LogP contribution in [-0.4, -0.2) is 47.0 Å². The molecule has 3 rings (SSSR count). The zero-order chi connectivity index (χ0) is 13.2. The molecule has 0 spiro atoms. The minimum atomic E-state index is 0.529. The lowest BCUT2D eigenvalue weighted by Gasteiger charge is -2.25. The fraction of sp³-hybridized carbons (Fsp3) is 0.667. The van der Waals surface area contributed by atoms with E-state index < -0.39 is 0 Å². The van der Waals surface area contributed by atoms with Crippen molar-refractivity contribution in [2.24, 2.45) is 5.73 Å². The fourth-order valence-corrected chi connectivity index (χ4v) is 3.52. The number of rotatable bonds is 3. The maximum atomic E-state index is 5.66. The summed E-state index contributed by atoms with van der Waals surface area (Å²) in [5, 5.41) is 0. The Hall–Kier alpha value is -0.970. The fourth-order valence-electron chi connectivity index (χ4n) is 3.52. The molecule has 4 heteroatoms. The molecule has 2 aliphatic rings. The minimum absolute atomic E-state index is 0.529. The van der Waals surface area contributed by atoms with Crippen LogP contribution in [0.3, 0.4) is 0 Å². The first-order valence-electron chi connectivity index (χ1n) is 7.34. The van der Waals surface area contributed by atoms with E-state index in [2.05, 4.69) is 34.0 Å². The van der Waals surface area contributed by atoms with Gasteiger partial charge in [0.2, 0.25) is 0 Å². The number of nitrogens with zero attached hydrogens (tertiary/aromatic N) is 3. The van der Waals surface area contributed by atoms with E-state index in [1.54, 1.807) is 0 Å². The second kappa shape index (κ2) is 5.57. The average molecular weight is 260 g/mol. The quantitative estimate of drug-likeness (QED) is 0.887. The molecule has 2 unspecified atom stereocenters. The molecule has 19 heavy (non-hydrogen) atoms. The highest BCUT2D eigenvalue weighted by molar-refractivity contribution is 5.16. The van der Waals surface area contributed by atoms with Crippen molar-refractivity contribution in [3.8, 4) is 0 Å². The second-order valence-corrected chi connectivity index (χ2v) is 5.93. The van der Waals surface area contributed by atoms with E-state index in [0.29, 0.717) is 6.54 Å². The van der Waals surface area contributed by atoms with E-state index in [4.69, 9.17) is 5.73 Å². The van der Waals surface area contributed by atoms with Gasteiger partial charge in [0, 0.05) is 44.5 Å². The predicted molar refractivity (Wildman–Crippen MR) is 76.6 cm³/mol. The van der Waals surface area contributed by atoms with Crippen molar-refractivity contribution in [2.45, 2.75) is 44.4 Å². The van der Waals surface area contributed by atoms with E-state index in [9.17, 15) is 0 Å². The molecule has 2 N–H and O–H groups in total. The summed E-state index contributed by atoms with van der Waals surface area (Å²) in [5.41, 5.74) is 8.00. The van der Waals surface area contributed by atoms with Gasteiger partial charge in [-0.05, 0) is 44.0 Å². The molecular formula is C15H24N4. The predicted octanol–water partition coefficient (Wildman–Crippen LogP) is 1.21. The van der Waals surface area contributed by atoms with E-state index in [1.165, 1.54) is 37.9 Å². The number of pyridine rings is 1. The zero-order valence-corrected chi connectivity index (χ0v) is 11.8. The topological polar surface area (TPSA) is 45.4 Å². The van der Waals surface area contributed by atoms with Crippen molar-refractivity contribution in [2.75, 3.05) is 20.1 Å². The maximum absolute atomic E-state index is 5.66. The number of aromatic nitrogens is 1. The third-order valence-electron chi connectivity index (χ3n) is 4.73. The van der Waals surface area contributed by atoms with Gasteiger partial charge in [-0.25, -0.2) is 0 Å². The molecule has 3 heterocycles. The lowest BCUT2D eigenvalue weighted by molar-refractivity contribution is 0.214. The van der Waals surface area contributed by atoms with E-state index in [1.807, 2.05) is 6.20 Å². The summed E-state index contributed by atoms with van der Waals surface area (Å²) in [5.74, 6) is 0. The number of likely N-dealkylation sites (tertiary alicyclic amines) is 1. The Kier molecular flexibility index (Phi) is 3.82. The summed E-state index contributed by atoms with van der Waals surface area (Å²) >= 11 is 0. The zero-order valence-electron chi connectivity index (χ0n) is 11.8. The van der Waals surface area contributed by atoms with Crippen LogP contribution in [0.4, 0.5) is 0 Å². The lowest BCUT2D eigenvalue weighted by atomic mass is 10.1. The monoisotopic (exact) mass is 260 g/mol. The number of fused-ring (bicyclic) bond motifs is 2. The highest BCUT2D eigenvalue weighted by atomic mass is 15.3. The van der Waals surface area contributed by atoms with Crippen LogP contribution < -0.4 is 5.73 Å². The van der Waals surface area contributed by atoms with Gasteiger partial charge >= 0.3 is 0 Å². The van der Waals surface area contributed by atoms with Crippen molar-refractivity contribution in [3.63, 3.8) is 0 Å². The highest BCUT2D eigenvalue weighted by Gasteiger charge is 2.34. The molecule has 1 aromatic rings. The number of nitrogens with two attached hydrogens (primary N) is 1. The SMILES string of the molecule is CN1C2CCC1CN(Cc1ccnc(CN)c1)CC2. The Morgan fingerprint density at radius 3 is 3.00 bits per heavy atom. The van der Waals surface area contributed by atoms with Crippen molar-refractivity contribution < 1.29 is 0 Å². The van der Waals surface area contributed by atoms with Gasteiger partial charge in [0.15, 0.2) is 0 Å². The van der Waals surface area contributed by atoms with Crippen LogP contribution in [0.2, 0.25) is 0 Å². The minimum Gasteiger partial charge on any atom is -0.325 e. The Morgan fingerprint density at radius 2 is 2.16 bits per heavy atom. The summed E-state index contributed by atoms with van der Waals surface area (Å²) in [6, 6.07) is 5.83. The molecule has 0 amide bonds. The first-order chi connectivity index (χ1) is 9.26. The van der Waals surface area contributed by atoms with Crippen LogP contribution in [0.5, 0.6) is 0 Å². The molecule has 2 saturated heterocycles. The van der Waals surface area contributed by atoms with Gasteiger partial charge in [-0.15, -0.1) is 0 Å². The van der Waals surface area contributed by atoms with Gasteiger partial charge < -0.3 is 5.73 Å². The molecule has 1 aromatic heterocycles. The van der Waals surface area contributed by atoms with Crippen LogP contribution in [0, 0.1) is 0 Å². The summed E-state index contributed by atoms with van der Waals surface area (Å²) in [7, 11) is 2.30. The van der Waals surface area contributed by atoms with Crippen LogP contribution in [0.15, 0.2) is 18.3 Å². The highest BCUT2D eigenvalue weighted by Crippen LogP contribution is 2.28. The Morgan fingerprint density at radius 1 is 1.32 bits per heavy atom. The lowest BCUT2D eigenvalue weighted by Crippen LogP contribution is -2.36.